The third-order valence-corrected chi connectivity index (χ3v) is 5.82. The molecule has 6 heteroatoms. The maximum Gasteiger partial charge on any atom is 0.155 e. The van der Waals surface area contributed by atoms with Gasteiger partial charge in [0, 0.05) is 36.9 Å². The summed E-state index contributed by atoms with van der Waals surface area (Å²) in [4.78, 5) is 11.2. The van der Waals surface area contributed by atoms with Crippen LogP contribution in [0.5, 0.6) is 0 Å². The molecule has 1 N–H and O–H groups in total. The highest BCUT2D eigenvalue weighted by atomic mass is 15.3. The number of piperidine rings is 1. The zero-order chi connectivity index (χ0) is 15.9. The summed E-state index contributed by atoms with van der Waals surface area (Å²) < 4.78 is 1.71. The summed E-state index contributed by atoms with van der Waals surface area (Å²) in [6.45, 7) is 0.901. The van der Waals surface area contributed by atoms with Crippen LogP contribution in [0.1, 0.15) is 44.1 Å². The minimum absolute atomic E-state index is 0.653. The topological polar surface area (TPSA) is 58.9 Å². The molecule has 6 nitrogen and oxygen atoms in total. The lowest BCUT2D eigenvalue weighted by molar-refractivity contribution is 0.108. The first-order valence-electron chi connectivity index (χ1n) is 9.17. The lowest BCUT2D eigenvalue weighted by Gasteiger charge is -2.39. The average molecular weight is 324 g/mol. The van der Waals surface area contributed by atoms with Gasteiger partial charge < -0.3 is 5.32 Å². The maximum absolute atomic E-state index is 4.37. The van der Waals surface area contributed by atoms with E-state index >= 15 is 0 Å². The second-order valence-corrected chi connectivity index (χ2v) is 7.47. The van der Waals surface area contributed by atoms with E-state index in [1.807, 2.05) is 6.20 Å². The van der Waals surface area contributed by atoms with E-state index in [0.717, 1.165) is 30.5 Å². The first-order valence-corrected chi connectivity index (χ1v) is 9.17. The van der Waals surface area contributed by atoms with Crippen molar-refractivity contribution in [1.29, 1.82) is 0 Å². The Morgan fingerprint density at radius 1 is 1.08 bits per heavy atom. The second-order valence-electron chi connectivity index (χ2n) is 7.47. The molecule has 1 aliphatic carbocycles. The van der Waals surface area contributed by atoms with Crippen molar-refractivity contribution in [1.82, 2.24) is 30.0 Å². The molecule has 0 radical (unpaired) electrons. The second kappa shape index (κ2) is 5.93. The number of hydrogen-bond donors (Lipinski definition) is 1. The Labute approximate surface area is 142 Å². The summed E-state index contributed by atoms with van der Waals surface area (Å²) in [5.74, 6) is 0.829. The smallest absolute Gasteiger partial charge is 0.155 e. The molecule has 24 heavy (non-hydrogen) atoms. The van der Waals surface area contributed by atoms with E-state index in [2.05, 4.69) is 37.4 Å². The van der Waals surface area contributed by atoms with Crippen molar-refractivity contribution in [2.45, 2.75) is 69.2 Å². The van der Waals surface area contributed by atoms with Gasteiger partial charge in [-0.3, -0.25) is 4.90 Å². The van der Waals surface area contributed by atoms with Gasteiger partial charge in [0.25, 0.3) is 0 Å². The molecule has 1 saturated carbocycles. The molecule has 4 heterocycles. The Balaban J connectivity index is 1.22. The van der Waals surface area contributed by atoms with Crippen molar-refractivity contribution < 1.29 is 0 Å². The van der Waals surface area contributed by atoms with Crippen LogP contribution in [0.15, 0.2) is 31.0 Å². The van der Waals surface area contributed by atoms with E-state index in [9.17, 15) is 0 Å². The molecule has 2 bridgehead atoms. The number of fused-ring (bicyclic) bond motifs is 2. The molecule has 3 aliphatic rings. The van der Waals surface area contributed by atoms with Gasteiger partial charge in [0.1, 0.15) is 12.7 Å². The van der Waals surface area contributed by atoms with Gasteiger partial charge in [0.05, 0.1) is 0 Å². The van der Waals surface area contributed by atoms with Crippen molar-refractivity contribution >= 4 is 0 Å². The number of nitrogens with one attached hydrogen (secondary N) is 1. The molecule has 2 aliphatic heterocycles. The van der Waals surface area contributed by atoms with Crippen LogP contribution in [0.2, 0.25) is 0 Å². The highest BCUT2D eigenvalue weighted by Crippen LogP contribution is 2.43. The summed E-state index contributed by atoms with van der Waals surface area (Å²) >= 11 is 0. The average Bonchev–Trinajstić information content (AvgIpc) is 3.23. The zero-order valence-corrected chi connectivity index (χ0v) is 13.9. The minimum Gasteiger partial charge on any atom is -0.310 e. The Bertz CT molecular complexity index is 681. The van der Waals surface area contributed by atoms with Crippen molar-refractivity contribution in [2.24, 2.45) is 0 Å². The Morgan fingerprint density at radius 2 is 1.88 bits per heavy atom. The quantitative estimate of drug-likeness (QED) is 0.910. The van der Waals surface area contributed by atoms with Crippen LogP contribution in [0.4, 0.5) is 0 Å². The molecule has 2 aromatic rings. The first kappa shape index (κ1) is 14.5. The van der Waals surface area contributed by atoms with Gasteiger partial charge in [-0.05, 0) is 56.2 Å². The van der Waals surface area contributed by atoms with Gasteiger partial charge >= 0.3 is 0 Å². The highest BCUT2D eigenvalue weighted by Gasteiger charge is 2.46. The first-order chi connectivity index (χ1) is 11.9. The fourth-order valence-electron chi connectivity index (χ4n) is 4.63. The van der Waals surface area contributed by atoms with Crippen molar-refractivity contribution in [3.63, 3.8) is 0 Å². The molecule has 126 valence electrons. The van der Waals surface area contributed by atoms with Gasteiger partial charge in [0.2, 0.25) is 0 Å². The van der Waals surface area contributed by atoms with E-state index in [-0.39, 0.29) is 0 Å². The minimum atomic E-state index is 0.653. The molecule has 0 aromatic carbocycles. The fourth-order valence-corrected chi connectivity index (χ4v) is 4.63. The van der Waals surface area contributed by atoms with Crippen LogP contribution in [0.25, 0.3) is 5.82 Å². The molecule has 2 aromatic heterocycles. The van der Waals surface area contributed by atoms with Crippen LogP contribution in [-0.4, -0.2) is 48.8 Å². The molecule has 0 spiro atoms. The van der Waals surface area contributed by atoms with Crippen LogP contribution >= 0.6 is 0 Å². The van der Waals surface area contributed by atoms with Gasteiger partial charge in [-0.15, -0.1) is 0 Å². The normalized spacial score (nSPS) is 29.9. The SMILES string of the molecule is c1cc(CNC2CC3CCC(C2)N3C2CC2)cc(-n2cncn2)n1. The highest BCUT2D eigenvalue weighted by molar-refractivity contribution is 5.26. The van der Waals surface area contributed by atoms with Crippen molar-refractivity contribution in [3.05, 3.63) is 36.5 Å². The van der Waals surface area contributed by atoms with Crippen LogP contribution < -0.4 is 5.32 Å². The zero-order valence-electron chi connectivity index (χ0n) is 13.9. The van der Waals surface area contributed by atoms with E-state index < -0.39 is 0 Å². The lowest BCUT2D eigenvalue weighted by atomic mass is 9.97. The molecular formula is C18H24N6. The van der Waals surface area contributed by atoms with Gasteiger partial charge in [-0.25, -0.2) is 14.6 Å². The van der Waals surface area contributed by atoms with Gasteiger partial charge in [-0.2, -0.15) is 5.10 Å². The molecule has 2 unspecified atom stereocenters. The summed E-state index contributed by atoms with van der Waals surface area (Å²) in [6.07, 6.45) is 13.4. The number of nitrogens with zero attached hydrogens (tertiary/aromatic N) is 5. The van der Waals surface area contributed by atoms with E-state index in [4.69, 9.17) is 0 Å². The standard InChI is InChI=1S/C18H24N6/c1-2-15(1)24-16-3-4-17(24)9-14(8-16)21-10-13-5-6-20-18(7-13)23-12-19-11-22-23/h5-7,11-12,14-17,21H,1-4,8-10H2. The number of rotatable bonds is 5. The van der Waals surface area contributed by atoms with Crippen molar-refractivity contribution in [3.8, 4) is 5.82 Å². The predicted molar refractivity (Wildman–Crippen MR) is 90.7 cm³/mol. The van der Waals surface area contributed by atoms with Crippen LogP contribution in [-0.2, 0) is 6.54 Å². The monoisotopic (exact) mass is 324 g/mol. The van der Waals surface area contributed by atoms with E-state index in [0.29, 0.717) is 6.04 Å². The molecular weight excluding hydrogens is 300 g/mol. The Kier molecular flexibility index (Phi) is 3.60. The third kappa shape index (κ3) is 2.74. The lowest BCUT2D eigenvalue weighted by Crippen LogP contribution is -2.49. The fraction of sp³-hybridized carbons (Fsp3) is 0.611. The van der Waals surface area contributed by atoms with Crippen molar-refractivity contribution in [2.75, 3.05) is 0 Å². The van der Waals surface area contributed by atoms with Gasteiger partial charge in [-0.1, -0.05) is 0 Å². The third-order valence-electron chi connectivity index (χ3n) is 5.82. The number of pyridine rings is 1. The Hall–Kier alpha value is -1.79. The molecule has 2 atom stereocenters. The molecule has 3 fully saturated rings. The van der Waals surface area contributed by atoms with E-state index in [1.165, 1.54) is 50.4 Å². The van der Waals surface area contributed by atoms with Crippen LogP contribution in [0.3, 0.4) is 0 Å². The Morgan fingerprint density at radius 3 is 2.58 bits per heavy atom. The summed E-state index contributed by atoms with van der Waals surface area (Å²) in [5, 5.41) is 7.94. The van der Waals surface area contributed by atoms with Crippen LogP contribution in [0, 0.1) is 0 Å². The summed E-state index contributed by atoms with van der Waals surface area (Å²) in [7, 11) is 0. The summed E-state index contributed by atoms with van der Waals surface area (Å²) in [5.41, 5.74) is 1.26. The predicted octanol–water partition coefficient (Wildman–Crippen LogP) is 1.91. The molecule has 0 amide bonds. The number of aromatic nitrogens is 4. The molecule has 5 rings (SSSR count). The maximum atomic E-state index is 4.37. The number of hydrogen-bond acceptors (Lipinski definition) is 5. The largest absolute Gasteiger partial charge is 0.310 e. The van der Waals surface area contributed by atoms with E-state index in [1.54, 1.807) is 11.0 Å². The molecule has 2 saturated heterocycles. The summed E-state index contributed by atoms with van der Waals surface area (Å²) in [6, 6.07) is 7.42. The van der Waals surface area contributed by atoms with Gasteiger partial charge in [0.15, 0.2) is 5.82 Å².